The predicted octanol–water partition coefficient (Wildman–Crippen LogP) is 7.67. The molecular formula is C32H40N2O4S. The van der Waals surface area contributed by atoms with E-state index in [2.05, 4.69) is 50.4 Å². The number of aromatic nitrogens is 1. The summed E-state index contributed by atoms with van der Waals surface area (Å²) in [6, 6.07) is 15.9. The Morgan fingerprint density at radius 2 is 1.67 bits per heavy atom. The predicted molar refractivity (Wildman–Crippen MR) is 158 cm³/mol. The number of hydrogen-bond donors (Lipinski definition) is 1. The summed E-state index contributed by atoms with van der Waals surface area (Å²) in [6.45, 7) is 14.3. The molecule has 0 fully saturated rings. The molecule has 0 aliphatic heterocycles. The summed E-state index contributed by atoms with van der Waals surface area (Å²) in [5.74, 6) is 0.619. The molecule has 0 aliphatic rings. The number of nitrogens with one attached hydrogen (secondary N) is 1. The van der Waals surface area contributed by atoms with Gasteiger partial charge in [0.05, 0.1) is 12.7 Å². The van der Waals surface area contributed by atoms with Crippen LogP contribution in [0.4, 0.5) is 4.79 Å². The Labute approximate surface area is 236 Å². The lowest BCUT2D eigenvalue weighted by atomic mass is 9.90. The second-order valence-corrected chi connectivity index (χ2v) is 12.1. The first-order valence-corrected chi connectivity index (χ1v) is 14.2. The van der Waals surface area contributed by atoms with Gasteiger partial charge in [-0.2, -0.15) is 0 Å². The number of hydrogen-bond acceptors (Lipinski definition) is 6. The second-order valence-electron chi connectivity index (χ2n) is 11.1. The van der Waals surface area contributed by atoms with E-state index in [1.54, 1.807) is 17.8 Å². The zero-order valence-corrected chi connectivity index (χ0v) is 25.1. The Morgan fingerprint density at radius 1 is 1.00 bits per heavy atom. The number of rotatable bonds is 9. The number of methoxy groups -OCH3 is 1. The molecular weight excluding hydrogens is 508 g/mol. The van der Waals surface area contributed by atoms with E-state index in [9.17, 15) is 9.59 Å². The zero-order valence-electron chi connectivity index (χ0n) is 24.3. The molecule has 6 nitrogen and oxygen atoms in total. The first-order valence-electron chi connectivity index (χ1n) is 13.2. The topological polar surface area (TPSA) is 77.5 Å². The number of ether oxygens (including phenoxy) is 2. The number of benzene rings is 2. The highest BCUT2D eigenvalue weighted by molar-refractivity contribution is 7.98. The molecule has 0 atom stereocenters. The Balaban J connectivity index is 2.13. The van der Waals surface area contributed by atoms with E-state index in [0.29, 0.717) is 23.8 Å². The SMILES string of the molecule is COC(=O)c1ccccc1SCc1c(C)nc(CC(C)C)c(CNC(=O)OC(C)(C)C)c1-c1ccc(C)cc1. The summed E-state index contributed by atoms with van der Waals surface area (Å²) in [5.41, 5.74) is 7.21. The number of aryl methyl sites for hydroxylation is 2. The van der Waals surface area contributed by atoms with Crippen molar-refractivity contribution in [2.45, 2.75) is 77.7 Å². The number of nitrogens with zero attached hydrogens (tertiary/aromatic N) is 1. The lowest BCUT2D eigenvalue weighted by Gasteiger charge is -2.24. The smallest absolute Gasteiger partial charge is 0.407 e. The van der Waals surface area contributed by atoms with Gasteiger partial charge in [-0.3, -0.25) is 4.98 Å². The molecule has 0 unspecified atom stereocenters. The largest absolute Gasteiger partial charge is 0.465 e. The highest BCUT2D eigenvalue weighted by Gasteiger charge is 2.23. The quantitative estimate of drug-likeness (QED) is 0.218. The minimum atomic E-state index is -0.592. The maximum absolute atomic E-state index is 12.6. The Hall–Kier alpha value is -3.32. The normalized spacial score (nSPS) is 11.4. The van der Waals surface area contributed by atoms with Crippen LogP contribution in [-0.4, -0.2) is 29.8 Å². The summed E-state index contributed by atoms with van der Waals surface area (Å²) in [5, 5.41) is 2.97. The lowest BCUT2D eigenvalue weighted by Crippen LogP contribution is -2.32. The van der Waals surface area contributed by atoms with Crippen molar-refractivity contribution in [3.05, 3.63) is 82.2 Å². The van der Waals surface area contributed by atoms with Crippen LogP contribution in [0.1, 0.15) is 73.1 Å². The van der Waals surface area contributed by atoms with Crippen molar-refractivity contribution in [2.75, 3.05) is 7.11 Å². The Bertz CT molecular complexity index is 1310. The first kappa shape index (κ1) is 30.2. The third-order valence-corrected chi connectivity index (χ3v) is 7.21. The number of carbonyl (C=O) groups is 2. The molecule has 0 saturated carbocycles. The summed E-state index contributed by atoms with van der Waals surface area (Å²) >= 11 is 1.58. The number of carbonyl (C=O) groups excluding carboxylic acids is 2. The molecule has 3 rings (SSSR count). The van der Waals surface area contributed by atoms with Gasteiger partial charge in [0.15, 0.2) is 0 Å². The summed E-state index contributed by atoms with van der Waals surface area (Å²) < 4.78 is 10.5. The summed E-state index contributed by atoms with van der Waals surface area (Å²) in [4.78, 5) is 30.9. The molecule has 3 aromatic rings. The number of pyridine rings is 1. The van der Waals surface area contributed by atoms with E-state index >= 15 is 0 Å². The molecule has 208 valence electrons. The number of thioether (sulfide) groups is 1. The van der Waals surface area contributed by atoms with Crippen LogP contribution in [0, 0.1) is 19.8 Å². The molecule has 1 amide bonds. The molecule has 2 aromatic carbocycles. The number of amides is 1. The van der Waals surface area contributed by atoms with Crippen LogP contribution < -0.4 is 5.32 Å². The van der Waals surface area contributed by atoms with Crippen LogP contribution in [0.3, 0.4) is 0 Å². The highest BCUT2D eigenvalue weighted by Crippen LogP contribution is 2.37. The Kier molecular flexibility index (Phi) is 10.2. The third-order valence-electron chi connectivity index (χ3n) is 6.11. The van der Waals surface area contributed by atoms with Gasteiger partial charge in [0, 0.05) is 34.1 Å². The Morgan fingerprint density at radius 3 is 2.28 bits per heavy atom. The number of esters is 1. The molecule has 1 aromatic heterocycles. The van der Waals surface area contributed by atoms with E-state index in [4.69, 9.17) is 14.5 Å². The standard InChI is InChI=1S/C32H40N2O4S/c1-20(2)17-27-25(18-33-31(36)38-32(5,6)7)29(23-15-13-21(3)14-16-23)26(22(4)34-27)19-39-28-12-10-9-11-24(28)30(35)37-8/h9-16,20H,17-19H2,1-8H3,(H,33,36). The summed E-state index contributed by atoms with van der Waals surface area (Å²) in [7, 11) is 1.39. The van der Waals surface area contributed by atoms with Crippen molar-refractivity contribution in [1.29, 1.82) is 0 Å². The van der Waals surface area contributed by atoms with Crippen molar-refractivity contribution in [1.82, 2.24) is 10.3 Å². The number of alkyl carbamates (subject to hydrolysis) is 1. The molecule has 39 heavy (non-hydrogen) atoms. The minimum absolute atomic E-state index is 0.296. The minimum Gasteiger partial charge on any atom is -0.465 e. The van der Waals surface area contributed by atoms with Crippen LogP contribution in [0.5, 0.6) is 0 Å². The zero-order chi connectivity index (χ0) is 28.7. The van der Waals surface area contributed by atoms with Gasteiger partial charge < -0.3 is 14.8 Å². The molecule has 0 radical (unpaired) electrons. The van der Waals surface area contributed by atoms with E-state index in [0.717, 1.165) is 45.0 Å². The van der Waals surface area contributed by atoms with Gasteiger partial charge in [-0.15, -0.1) is 11.8 Å². The van der Waals surface area contributed by atoms with Crippen LogP contribution >= 0.6 is 11.8 Å². The highest BCUT2D eigenvalue weighted by atomic mass is 32.2. The van der Waals surface area contributed by atoms with Gasteiger partial charge in [0.25, 0.3) is 0 Å². The van der Waals surface area contributed by atoms with Gasteiger partial charge in [0.1, 0.15) is 5.60 Å². The fraction of sp³-hybridized carbons (Fsp3) is 0.406. The molecule has 1 N–H and O–H groups in total. The molecule has 0 aliphatic carbocycles. The maximum Gasteiger partial charge on any atom is 0.407 e. The fourth-order valence-electron chi connectivity index (χ4n) is 4.33. The lowest BCUT2D eigenvalue weighted by molar-refractivity contribution is 0.0522. The first-order chi connectivity index (χ1) is 18.4. The van der Waals surface area contributed by atoms with Gasteiger partial charge in [-0.1, -0.05) is 55.8 Å². The van der Waals surface area contributed by atoms with Crippen molar-refractivity contribution in [3.63, 3.8) is 0 Å². The molecule has 7 heteroatoms. The van der Waals surface area contributed by atoms with Crippen molar-refractivity contribution in [3.8, 4) is 11.1 Å². The molecule has 0 saturated heterocycles. The third kappa shape index (κ3) is 8.33. The average Bonchev–Trinajstić information content (AvgIpc) is 2.86. The second kappa shape index (κ2) is 13.2. The monoisotopic (exact) mass is 548 g/mol. The van der Waals surface area contributed by atoms with E-state index in [1.807, 2.05) is 45.9 Å². The van der Waals surface area contributed by atoms with Crippen LogP contribution in [0.15, 0.2) is 53.4 Å². The maximum atomic E-state index is 12.6. The van der Waals surface area contributed by atoms with E-state index in [-0.39, 0.29) is 5.97 Å². The van der Waals surface area contributed by atoms with Crippen molar-refractivity contribution in [2.24, 2.45) is 5.92 Å². The van der Waals surface area contributed by atoms with Crippen molar-refractivity contribution < 1.29 is 19.1 Å². The van der Waals surface area contributed by atoms with Crippen LogP contribution in [-0.2, 0) is 28.2 Å². The molecule has 0 bridgehead atoms. The van der Waals surface area contributed by atoms with Gasteiger partial charge in [0.2, 0.25) is 0 Å². The van der Waals surface area contributed by atoms with Crippen LogP contribution in [0.2, 0.25) is 0 Å². The van der Waals surface area contributed by atoms with Gasteiger partial charge in [-0.05, 0) is 75.8 Å². The van der Waals surface area contributed by atoms with E-state index < -0.39 is 11.7 Å². The average molecular weight is 549 g/mol. The molecule has 0 spiro atoms. The summed E-state index contributed by atoms with van der Waals surface area (Å²) in [6.07, 6.45) is 0.320. The van der Waals surface area contributed by atoms with Crippen molar-refractivity contribution >= 4 is 23.8 Å². The van der Waals surface area contributed by atoms with Gasteiger partial charge >= 0.3 is 12.1 Å². The molecule has 1 heterocycles. The van der Waals surface area contributed by atoms with E-state index in [1.165, 1.54) is 12.7 Å². The van der Waals surface area contributed by atoms with Crippen LogP contribution in [0.25, 0.3) is 11.1 Å². The fourth-order valence-corrected chi connectivity index (χ4v) is 5.47. The van der Waals surface area contributed by atoms with Gasteiger partial charge in [-0.25, -0.2) is 9.59 Å².